The highest BCUT2D eigenvalue weighted by Gasteiger charge is 2.29. The van der Waals surface area contributed by atoms with E-state index in [4.69, 9.17) is 0 Å². The maximum absolute atomic E-state index is 12.9. The van der Waals surface area contributed by atoms with Crippen LogP contribution < -0.4 is 5.32 Å². The number of anilines is 1. The average molecular weight is 583 g/mol. The van der Waals surface area contributed by atoms with E-state index < -0.39 is 12.6 Å². The van der Waals surface area contributed by atoms with Crippen LogP contribution in [0.2, 0.25) is 0 Å². The minimum Gasteiger partial charge on any atom is -0.367 e. The van der Waals surface area contributed by atoms with Gasteiger partial charge in [0.05, 0.1) is 11.8 Å². The normalized spacial score (nSPS) is 15.6. The van der Waals surface area contributed by atoms with Crippen molar-refractivity contribution in [2.24, 2.45) is 5.41 Å². The van der Waals surface area contributed by atoms with Crippen molar-refractivity contribution in [3.05, 3.63) is 52.3 Å². The number of likely N-dealkylation sites (tertiary alicyclic amines) is 1. The number of nitriles is 1. The fraction of sp³-hybridized carbons (Fsp3) is 0.516. The summed E-state index contributed by atoms with van der Waals surface area (Å²) in [5.41, 5.74) is 4.57. The Bertz CT molecular complexity index is 1570. The molecule has 4 heterocycles. The lowest BCUT2D eigenvalue weighted by molar-refractivity contribution is -0.126. The number of benzene rings is 1. The molecule has 1 saturated heterocycles. The van der Waals surface area contributed by atoms with Crippen LogP contribution in [0.5, 0.6) is 0 Å². The smallest absolute Gasteiger partial charge is 0.367 e. The molecule has 0 bridgehead atoms. The van der Waals surface area contributed by atoms with Crippen molar-refractivity contribution >= 4 is 38.3 Å². The number of aryl methyl sites for hydroxylation is 2. The third-order valence-electron chi connectivity index (χ3n) is 8.63. The Balaban J connectivity index is 1.23. The Morgan fingerprint density at radius 2 is 1.88 bits per heavy atom. The zero-order valence-corrected chi connectivity index (χ0v) is 24.9. The molecule has 218 valence electrons. The summed E-state index contributed by atoms with van der Waals surface area (Å²) in [4.78, 5) is 11.8. The molecule has 0 spiro atoms. The van der Waals surface area contributed by atoms with E-state index in [9.17, 15) is 18.4 Å². The third kappa shape index (κ3) is 6.68. The van der Waals surface area contributed by atoms with Crippen molar-refractivity contribution in [2.75, 3.05) is 18.4 Å². The monoisotopic (exact) mass is 582 g/mol. The molecule has 10 heteroatoms. The van der Waals surface area contributed by atoms with Gasteiger partial charge in [-0.1, -0.05) is 33.3 Å². The molecule has 1 aliphatic heterocycles. The first-order valence-corrected chi connectivity index (χ1v) is 15.1. The molecule has 0 amide bonds. The number of halogens is 3. The number of fused-ring (bicyclic) bond motifs is 2. The van der Waals surface area contributed by atoms with E-state index >= 15 is 0 Å². The summed E-state index contributed by atoms with van der Waals surface area (Å²) in [5.74, 6) is 0.611. The number of hydrogen-bond donors (Lipinski definition) is 1. The molecule has 5 rings (SSSR count). The summed E-state index contributed by atoms with van der Waals surface area (Å²) in [6, 6.07) is 10.6. The van der Waals surface area contributed by atoms with Crippen molar-refractivity contribution in [3.63, 3.8) is 0 Å². The fourth-order valence-corrected chi connectivity index (χ4v) is 6.62. The lowest BCUT2D eigenvalue weighted by Crippen LogP contribution is -2.39. The molecule has 0 unspecified atom stereocenters. The summed E-state index contributed by atoms with van der Waals surface area (Å²) in [6.07, 6.45) is 0.171. The van der Waals surface area contributed by atoms with Gasteiger partial charge in [0, 0.05) is 48.0 Å². The SMILES string of the molecule is CCC(C)(C)CCn1c(C#N)cc2c(C)c(CN3CCC(Nc4ncnc5sc(CC(F)(F)F)cc45)CC3)ccc21. The first kappa shape index (κ1) is 29.3. The third-order valence-corrected chi connectivity index (χ3v) is 9.67. The van der Waals surface area contributed by atoms with Crippen molar-refractivity contribution in [1.82, 2.24) is 19.4 Å². The van der Waals surface area contributed by atoms with Gasteiger partial charge in [0.15, 0.2) is 0 Å². The van der Waals surface area contributed by atoms with E-state index in [2.05, 4.69) is 70.6 Å². The van der Waals surface area contributed by atoms with Crippen LogP contribution in [-0.2, 0) is 19.5 Å². The van der Waals surface area contributed by atoms with Crippen LogP contribution in [0.25, 0.3) is 21.1 Å². The lowest BCUT2D eigenvalue weighted by Gasteiger charge is -2.33. The van der Waals surface area contributed by atoms with Gasteiger partial charge in [0.25, 0.3) is 0 Å². The number of piperidine rings is 1. The minimum absolute atomic E-state index is 0.193. The van der Waals surface area contributed by atoms with Gasteiger partial charge >= 0.3 is 6.18 Å². The Kier molecular flexibility index (Phi) is 8.31. The van der Waals surface area contributed by atoms with E-state index in [1.165, 1.54) is 17.5 Å². The number of alkyl halides is 3. The number of aromatic nitrogens is 3. The number of hydrogen-bond acceptors (Lipinski definition) is 6. The summed E-state index contributed by atoms with van der Waals surface area (Å²) in [7, 11) is 0. The van der Waals surface area contributed by atoms with Crippen molar-refractivity contribution in [1.29, 1.82) is 5.26 Å². The molecule has 1 fully saturated rings. The summed E-state index contributed by atoms with van der Waals surface area (Å²) < 4.78 is 40.8. The quantitative estimate of drug-likeness (QED) is 0.218. The average Bonchev–Trinajstić information content (AvgIpc) is 3.50. The highest BCUT2D eigenvalue weighted by molar-refractivity contribution is 7.18. The van der Waals surface area contributed by atoms with Crippen LogP contribution in [-0.4, -0.2) is 44.7 Å². The molecule has 0 saturated carbocycles. The molecule has 1 aromatic carbocycles. The predicted octanol–water partition coefficient (Wildman–Crippen LogP) is 7.83. The first-order chi connectivity index (χ1) is 19.5. The van der Waals surface area contributed by atoms with E-state index in [0.717, 1.165) is 74.1 Å². The molecular formula is C31H37F3N6S. The topological polar surface area (TPSA) is 69.8 Å². The lowest BCUT2D eigenvalue weighted by atomic mass is 9.86. The Labute approximate surface area is 243 Å². The van der Waals surface area contributed by atoms with Crippen LogP contribution in [0, 0.1) is 23.7 Å². The molecule has 1 N–H and O–H groups in total. The van der Waals surface area contributed by atoms with Gasteiger partial charge in [0.1, 0.15) is 28.7 Å². The van der Waals surface area contributed by atoms with Gasteiger partial charge in [-0.15, -0.1) is 11.3 Å². The van der Waals surface area contributed by atoms with E-state index in [-0.39, 0.29) is 16.3 Å². The second-order valence-corrected chi connectivity index (χ2v) is 13.1. The van der Waals surface area contributed by atoms with Gasteiger partial charge in [-0.3, -0.25) is 4.90 Å². The van der Waals surface area contributed by atoms with Crippen LogP contribution >= 0.6 is 11.3 Å². The zero-order valence-electron chi connectivity index (χ0n) is 24.1. The van der Waals surface area contributed by atoms with Crippen molar-refractivity contribution in [2.45, 2.75) is 85.1 Å². The molecule has 0 aliphatic carbocycles. The molecular weight excluding hydrogens is 545 g/mol. The highest BCUT2D eigenvalue weighted by atomic mass is 32.1. The van der Waals surface area contributed by atoms with Gasteiger partial charge in [-0.05, 0) is 60.9 Å². The Hall–Kier alpha value is -3.16. The molecule has 3 aromatic heterocycles. The molecule has 4 aromatic rings. The molecule has 41 heavy (non-hydrogen) atoms. The number of rotatable bonds is 9. The summed E-state index contributed by atoms with van der Waals surface area (Å²) in [6.45, 7) is 12.4. The standard InChI is InChI=1S/C31H37F3N6S/c1-5-30(3,4)10-13-40-23(17-35)14-25-20(2)21(6-7-27(25)40)18-39-11-8-22(9-12-39)38-28-26-15-24(16-31(32,33)34)41-29(26)37-19-36-28/h6-7,14-15,19,22H,5,8-13,16,18H2,1-4H3,(H,36,37,38). The highest BCUT2D eigenvalue weighted by Crippen LogP contribution is 2.34. The van der Waals surface area contributed by atoms with E-state index in [1.807, 2.05) is 6.07 Å². The zero-order chi connectivity index (χ0) is 29.4. The second kappa shape index (κ2) is 11.6. The Morgan fingerprint density at radius 1 is 1.12 bits per heavy atom. The van der Waals surface area contributed by atoms with Gasteiger partial charge in [-0.25, -0.2) is 9.97 Å². The number of thiophene rings is 1. The van der Waals surface area contributed by atoms with Gasteiger partial charge < -0.3 is 9.88 Å². The van der Waals surface area contributed by atoms with E-state index in [0.29, 0.717) is 21.7 Å². The van der Waals surface area contributed by atoms with Crippen LogP contribution in [0.1, 0.15) is 68.2 Å². The predicted molar refractivity (Wildman–Crippen MR) is 159 cm³/mol. The van der Waals surface area contributed by atoms with Crippen molar-refractivity contribution in [3.8, 4) is 6.07 Å². The Morgan fingerprint density at radius 3 is 2.56 bits per heavy atom. The van der Waals surface area contributed by atoms with E-state index in [1.54, 1.807) is 6.07 Å². The fourth-order valence-electron chi connectivity index (χ4n) is 5.59. The van der Waals surface area contributed by atoms with Crippen LogP contribution in [0.3, 0.4) is 0 Å². The van der Waals surface area contributed by atoms with Gasteiger partial charge in [0.2, 0.25) is 0 Å². The van der Waals surface area contributed by atoms with Crippen molar-refractivity contribution < 1.29 is 13.2 Å². The molecule has 1 aliphatic rings. The van der Waals surface area contributed by atoms with Crippen LogP contribution in [0.4, 0.5) is 19.0 Å². The maximum atomic E-state index is 12.9. The first-order valence-electron chi connectivity index (χ1n) is 14.3. The second-order valence-electron chi connectivity index (χ2n) is 12.0. The minimum atomic E-state index is -4.24. The maximum Gasteiger partial charge on any atom is 0.393 e. The molecule has 0 atom stereocenters. The molecule has 0 radical (unpaired) electrons. The van der Waals surface area contributed by atoms with Gasteiger partial charge in [-0.2, -0.15) is 18.4 Å². The summed E-state index contributed by atoms with van der Waals surface area (Å²) in [5, 5.41) is 15.1. The number of nitrogens with zero attached hydrogens (tertiary/aromatic N) is 5. The summed E-state index contributed by atoms with van der Waals surface area (Å²) >= 11 is 1.07. The number of nitrogens with one attached hydrogen (secondary N) is 1. The van der Waals surface area contributed by atoms with Crippen LogP contribution in [0.15, 0.2) is 30.6 Å². The largest absolute Gasteiger partial charge is 0.393 e. The molecule has 6 nitrogen and oxygen atoms in total.